The molecule has 0 aliphatic heterocycles. The SMILES string of the molecule is O=C(Nc1ccccc1)c1cc(-c2ccccc2)on1. The Kier molecular flexibility index (Phi) is 3.29. The van der Waals surface area contributed by atoms with Crippen LogP contribution < -0.4 is 5.32 Å². The van der Waals surface area contributed by atoms with Gasteiger partial charge in [0.25, 0.3) is 5.91 Å². The molecule has 98 valence electrons. The Balaban J connectivity index is 1.79. The van der Waals surface area contributed by atoms with Gasteiger partial charge in [0.2, 0.25) is 0 Å². The minimum Gasteiger partial charge on any atom is -0.355 e. The standard InChI is InChI=1S/C16H12N2O2/c19-16(17-13-9-5-2-6-10-13)14-11-15(20-18-14)12-7-3-1-4-8-12/h1-11H,(H,17,19). The molecule has 20 heavy (non-hydrogen) atoms. The summed E-state index contributed by atoms with van der Waals surface area (Å²) < 4.78 is 5.20. The molecule has 0 spiro atoms. The van der Waals surface area contributed by atoms with Crippen LogP contribution in [-0.2, 0) is 0 Å². The van der Waals surface area contributed by atoms with Gasteiger partial charge in [0.15, 0.2) is 11.5 Å². The van der Waals surface area contributed by atoms with E-state index in [4.69, 9.17) is 4.52 Å². The fourth-order valence-corrected chi connectivity index (χ4v) is 1.84. The van der Waals surface area contributed by atoms with Crippen LogP contribution in [0.2, 0.25) is 0 Å². The number of aromatic nitrogens is 1. The minimum absolute atomic E-state index is 0.257. The average Bonchev–Trinajstić information content (AvgIpc) is 2.99. The molecule has 1 heterocycles. The monoisotopic (exact) mass is 264 g/mol. The number of amides is 1. The van der Waals surface area contributed by atoms with Gasteiger partial charge in [-0.15, -0.1) is 0 Å². The number of rotatable bonds is 3. The van der Waals surface area contributed by atoms with Crippen LogP contribution in [0.15, 0.2) is 71.3 Å². The molecule has 4 heteroatoms. The molecule has 0 saturated carbocycles. The molecule has 0 bridgehead atoms. The van der Waals surface area contributed by atoms with Gasteiger partial charge in [0, 0.05) is 17.3 Å². The lowest BCUT2D eigenvalue weighted by Crippen LogP contribution is -2.11. The lowest BCUT2D eigenvalue weighted by Gasteiger charge is -2.00. The first-order valence-electron chi connectivity index (χ1n) is 6.21. The number of para-hydroxylation sites is 1. The fraction of sp³-hybridized carbons (Fsp3) is 0. The Hall–Kier alpha value is -2.88. The van der Waals surface area contributed by atoms with Crippen LogP contribution in [0.3, 0.4) is 0 Å². The highest BCUT2D eigenvalue weighted by Gasteiger charge is 2.13. The second-order valence-corrected chi connectivity index (χ2v) is 4.26. The lowest BCUT2D eigenvalue weighted by molar-refractivity contribution is 0.101. The van der Waals surface area contributed by atoms with Crippen molar-refractivity contribution in [2.45, 2.75) is 0 Å². The number of anilines is 1. The Labute approximate surface area is 116 Å². The largest absolute Gasteiger partial charge is 0.355 e. The maximum absolute atomic E-state index is 12.0. The molecule has 1 aromatic heterocycles. The average molecular weight is 264 g/mol. The topological polar surface area (TPSA) is 55.1 Å². The predicted molar refractivity (Wildman–Crippen MR) is 76.3 cm³/mol. The van der Waals surface area contributed by atoms with E-state index in [9.17, 15) is 4.79 Å². The van der Waals surface area contributed by atoms with Crippen LogP contribution in [0.1, 0.15) is 10.5 Å². The Morgan fingerprint density at radius 3 is 2.30 bits per heavy atom. The second-order valence-electron chi connectivity index (χ2n) is 4.26. The Bertz CT molecular complexity index is 706. The molecule has 0 radical (unpaired) electrons. The molecule has 0 saturated heterocycles. The van der Waals surface area contributed by atoms with E-state index in [2.05, 4.69) is 10.5 Å². The summed E-state index contributed by atoms with van der Waals surface area (Å²) in [4.78, 5) is 12.0. The number of benzene rings is 2. The van der Waals surface area contributed by atoms with Gasteiger partial charge in [-0.3, -0.25) is 4.79 Å². The van der Waals surface area contributed by atoms with Gasteiger partial charge in [0.05, 0.1) is 0 Å². The lowest BCUT2D eigenvalue weighted by atomic mass is 10.1. The zero-order chi connectivity index (χ0) is 13.8. The van der Waals surface area contributed by atoms with E-state index in [1.54, 1.807) is 6.07 Å². The first kappa shape index (κ1) is 12.2. The highest BCUT2D eigenvalue weighted by molar-refractivity contribution is 6.03. The van der Waals surface area contributed by atoms with Crippen molar-refractivity contribution in [3.63, 3.8) is 0 Å². The van der Waals surface area contributed by atoms with Crippen molar-refractivity contribution in [3.8, 4) is 11.3 Å². The van der Waals surface area contributed by atoms with E-state index >= 15 is 0 Å². The van der Waals surface area contributed by atoms with Crippen LogP contribution in [0.5, 0.6) is 0 Å². The molecule has 4 nitrogen and oxygen atoms in total. The molecule has 0 atom stereocenters. The third-order valence-electron chi connectivity index (χ3n) is 2.83. The Morgan fingerprint density at radius 1 is 0.950 bits per heavy atom. The summed E-state index contributed by atoms with van der Waals surface area (Å²) in [6.45, 7) is 0. The van der Waals surface area contributed by atoms with Crippen molar-refractivity contribution in [1.82, 2.24) is 5.16 Å². The van der Waals surface area contributed by atoms with E-state index in [0.29, 0.717) is 5.76 Å². The van der Waals surface area contributed by atoms with Crippen molar-refractivity contribution in [2.75, 3.05) is 5.32 Å². The number of nitrogens with zero attached hydrogens (tertiary/aromatic N) is 1. The molecular formula is C16H12N2O2. The van der Waals surface area contributed by atoms with E-state index in [0.717, 1.165) is 11.3 Å². The number of nitrogens with one attached hydrogen (secondary N) is 1. The van der Waals surface area contributed by atoms with Gasteiger partial charge in [-0.25, -0.2) is 0 Å². The van der Waals surface area contributed by atoms with E-state index in [1.807, 2.05) is 60.7 Å². The number of hydrogen-bond donors (Lipinski definition) is 1. The molecule has 0 fully saturated rings. The fourth-order valence-electron chi connectivity index (χ4n) is 1.84. The van der Waals surface area contributed by atoms with E-state index in [1.165, 1.54) is 0 Å². The smallest absolute Gasteiger partial charge is 0.277 e. The molecule has 0 aliphatic rings. The van der Waals surface area contributed by atoms with Crippen LogP contribution >= 0.6 is 0 Å². The van der Waals surface area contributed by atoms with Crippen molar-refractivity contribution < 1.29 is 9.32 Å². The van der Waals surface area contributed by atoms with E-state index in [-0.39, 0.29) is 11.6 Å². The summed E-state index contributed by atoms with van der Waals surface area (Å²) in [6.07, 6.45) is 0. The predicted octanol–water partition coefficient (Wildman–Crippen LogP) is 3.59. The van der Waals surface area contributed by atoms with Crippen molar-refractivity contribution in [3.05, 3.63) is 72.4 Å². The Morgan fingerprint density at radius 2 is 1.60 bits per heavy atom. The van der Waals surface area contributed by atoms with Crippen molar-refractivity contribution >= 4 is 11.6 Å². The summed E-state index contributed by atoms with van der Waals surface area (Å²) in [6, 6.07) is 20.4. The number of hydrogen-bond acceptors (Lipinski definition) is 3. The summed E-state index contributed by atoms with van der Waals surface area (Å²) in [5, 5.41) is 6.56. The second kappa shape index (κ2) is 5.40. The minimum atomic E-state index is -0.290. The molecule has 1 N–H and O–H groups in total. The molecular weight excluding hydrogens is 252 g/mol. The summed E-state index contributed by atoms with van der Waals surface area (Å²) >= 11 is 0. The maximum atomic E-state index is 12.0. The molecule has 3 aromatic rings. The van der Waals surface area contributed by atoms with Crippen molar-refractivity contribution in [2.24, 2.45) is 0 Å². The summed E-state index contributed by atoms with van der Waals surface area (Å²) in [5.74, 6) is 0.283. The molecule has 0 unspecified atom stereocenters. The molecule has 2 aromatic carbocycles. The first-order chi connectivity index (χ1) is 9.83. The zero-order valence-corrected chi connectivity index (χ0v) is 10.6. The summed E-state index contributed by atoms with van der Waals surface area (Å²) in [7, 11) is 0. The van der Waals surface area contributed by atoms with Gasteiger partial charge < -0.3 is 9.84 Å². The zero-order valence-electron chi connectivity index (χ0n) is 10.6. The van der Waals surface area contributed by atoms with E-state index < -0.39 is 0 Å². The molecule has 0 aliphatic carbocycles. The number of carbonyl (C=O) groups excluding carboxylic acids is 1. The van der Waals surface area contributed by atoms with Gasteiger partial charge in [-0.05, 0) is 12.1 Å². The maximum Gasteiger partial charge on any atom is 0.277 e. The highest BCUT2D eigenvalue weighted by atomic mass is 16.5. The van der Waals surface area contributed by atoms with Crippen LogP contribution in [0, 0.1) is 0 Å². The molecule has 3 rings (SSSR count). The normalized spacial score (nSPS) is 10.2. The quantitative estimate of drug-likeness (QED) is 0.786. The van der Waals surface area contributed by atoms with Gasteiger partial charge in [0.1, 0.15) is 0 Å². The van der Waals surface area contributed by atoms with Crippen LogP contribution in [-0.4, -0.2) is 11.1 Å². The highest BCUT2D eigenvalue weighted by Crippen LogP contribution is 2.20. The van der Waals surface area contributed by atoms with Crippen molar-refractivity contribution in [1.29, 1.82) is 0 Å². The first-order valence-corrected chi connectivity index (χ1v) is 6.21. The van der Waals surface area contributed by atoms with Gasteiger partial charge in [-0.1, -0.05) is 53.7 Å². The summed E-state index contributed by atoms with van der Waals surface area (Å²) in [5.41, 5.74) is 1.87. The van der Waals surface area contributed by atoms with Crippen LogP contribution in [0.4, 0.5) is 5.69 Å². The van der Waals surface area contributed by atoms with Gasteiger partial charge >= 0.3 is 0 Å². The number of carbonyl (C=O) groups is 1. The van der Waals surface area contributed by atoms with Gasteiger partial charge in [-0.2, -0.15) is 0 Å². The molecule has 1 amide bonds. The van der Waals surface area contributed by atoms with Crippen LogP contribution in [0.25, 0.3) is 11.3 Å². The third kappa shape index (κ3) is 2.59. The third-order valence-corrected chi connectivity index (χ3v) is 2.83.